The lowest BCUT2D eigenvalue weighted by Crippen LogP contribution is -2.41. The van der Waals surface area contributed by atoms with Crippen molar-refractivity contribution in [2.45, 2.75) is 12.8 Å². The number of likely N-dealkylation sites (tertiary alicyclic amines) is 1. The van der Waals surface area contributed by atoms with Crippen molar-refractivity contribution >= 4 is 11.9 Å². The first-order chi connectivity index (χ1) is 12.6. The SMILES string of the molecule is COc1cc(C#N)ccc1OC(=O)C1CCN(C(=O)c2ccco2)CC1. The molecule has 2 heterocycles. The lowest BCUT2D eigenvalue weighted by atomic mass is 9.97. The zero-order valence-corrected chi connectivity index (χ0v) is 14.3. The molecule has 7 heteroatoms. The summed E-state index contributed by atoms with van der Waals surface area (Å²) in [6.45, 7) is 0.924. The molecule has 134 valence electrons. The quantitative estimate of drug-likeness (QED) is 0.619. The number of esters is 1. The molecule has 1 amide bonds. The molecule has 1 fully saturated rings. The van der Waals surface area contributed by atoms with E-state index in [1.807, 2.05) is 6.07 Å². The maximum absolute atomic E-state index is 12.4. The number of hydrogen-bond donors (Lipinski definition) is 0. The zero-order valence-electron chi connectivity index (χ0n) is 14.3. The molecule has 1 saturated heterocycles. The molecule has 0 bridgehead atoms. The van der Waals surface area contributed by atoms with Crippen molar-refractivity contribution in [2.24, 2.45) is 5.92 Å². The first kappa shape index (κ1) is 17.5. The highest BCUT2D eigenvalue weighted by atomic mass is 16.6. The normalized spacial score (nSPS) is 14.5. The Morgan fingerprint density at radius 2 is 2.00 bits per heavy atom. The molecule has 0 atom stereocenters. The van der Waals surface area contributed by atoms with Crippen molar-refractivity contribution in [1.82, 2.24) is 4.90 Å². The highest BCUT2D eigenvalue weighted by Crippen LogP contribution is 2.30. The number of carbonyl (C=O) groups excluding carboxylic acids is 2. The number of carbonyl (C=O) groups is 2. The van der Waals surface area contributed by atoms with Crippen LogP contribution in [0.3, 0.4) is 0 Å². The van der Waals surface area contributed by atoms with Gasteiger partial charge in [-0.15, -0.1) is 0 Å². The Kier molecular flexibility index (Phi) is 5.23. The average molecular weight is 354 g/mol. The van der Waals surface area contributed by atoms with E-state index in [1.165, 1.54) is 19.4 Å². The van der Waals surface area contributed by atoms with Crippen molar-refractivity contribution in [2.75, 3.05) is 20.2 Å². The van der Waals surface area contributed by atoms with Crippen LogP contribution in [0.2, 0.25) is 0 Å². The van der Waals surface area contributed by atoms with Crippen molar-refractivity contribution in [1.29, 1.82) is 5.26 Å². The molecule has 1 aliphatic rings. The lowest BCUT2D eigenvalue weighted by molar-refractivity contribution is -0.140. The molecule has 0 radical (unpaired) electrons. The first-order valence-electron chi connectivity index (χ1n) is 8.25. The van der Waals surface area contributed by atoms with Crippen LogP contribution in [0, 0.1) is 17.2 Å². The van der Waals surface area contributed by atoms with E-state index in [-0.39, 0.29) is 23.5 Å². The number of nitrogens with zero attached hydrogens (tertiary/aromatic N) is 2. The minimum Gasteiger partial charge on any atom is -0.493 e. The predicted molar refractivity (Wildman–Crippen MR) is 90.7 cm³/mol. The smallest absolute Gasteiger partial charge is 0.314 e. The van der Waals surface area contributed by atoms with Gasteiger partial charge < -0.3 is 18.8 Å². The van der Waals surface area contributed by atoms with E-state index in [2.05, 4.69) is 0 Å². The maximum Gasteiger partial charge on any atom is 0.314 e. The van der Waals surface area contributed by atoms with Crippen LogP contribution < -0.4 is 9.47 Å². The average Bonchev–Trinajstić information content (AvgIpc) is 3.22. The fourth-order valence-electron chi connectivity index (χ4n) is 2.89. The number of hydrogen-bond acceptors (Lipinski definition) is 6. The predicted octanol–water partition coefficient (Wildman–Crippen LogP) is 2.62. The van der Waals surface area contributed by atoms with E-state index < -0.39 is 0 Å². The van der Waals surface area contributed by atoms with Gasteiger partial charge in [0.15, 0.2) is 17.3 Å². The molecule has 1 aromatic heterocycles. The third kappa shape index (κ3) is 3.70. The van der Waals surface area contributed by atoms with Crippen LogP contribution in [0.1, 0.15) is 29.0 Å². The number of methoxy groups -OCH3 is 1. The summed E-state index contributed by atoms with van der Waals surface area (Å²) in [5.41, 5.74) is 0.423. The third-order valence-electron chi connectivity index (χ3n) is 4.35. The van der Waals surface area contributed by atoms with Crippen LogP contribution in [0.25, 0.3) is 0 Å². The summed E-state index contributed by atoms with van der Waals surface area (Å²) in [6, 6.07) is 9.93. The van der Waals surface area contributed by atoms with E-state index in [0.717, 1.165) is 0 Å². The summed E-state index contributed by atoms with van der Waals surface area (Å²) in [5, 5.41) is 8.92. The Hall–Kier alpha value is -3.27. The van der Waals surface area contributed by atoms with Gasteiger partial charge in [-0.3, -0.25) is 9.59 Å². The summed E-state index contributed by atoms with van der Waals surface area (Å²) in [4.78, 5) is 26.3. The number of ether oxygens (including phenoxy) is 2. The standard InChI is InChI=1S/C19H18N2O5/c1-24-17-11-13(12-20)4-5-15(17)26-19(23)14-6-8-21(9-7-14)18(22)16-3-2-10-25-16/h2-5,10-11,14H,6-9H2,1H3. The Bertz CT molecular complexity index is 830. The van der Waals surface area contributed by atoms with E-state index in [9.17, 15) is 9.59 Å². The minimum atomic E-state index is -0.363. The first-order valence-corrected chi connectivity index (χ1v) is 8.25. The molecule has 0 spiro atoms. The van der Waals surface area contributed by atoms with E-state index in [0.29, 0.717) is 43.0 Å². The molecule has 0 saturated carbocycles. The minimum absolute atomic E-state index is 0.171. The number of benzene rings is 1. The topological polar surface area (TPSA) is 92.8 Å². The van der Waals surface area contributed by atoms with E-state index in [1.54, 1.807) is 29.2 Å². The Morgan fingerprint density at radius 3 is 2.62 bits per heavy atom. The van der Waals surface area contributed by atoms with Crippen molar-refractivity contribution < 1.29 is 23.5 Å². The van der Waals surface area contributed by atoms with Gasteiger partial charge in [0.25, 0.3) is 5.91 Å². The molecule has 0 unspecified atom stereocenters. The zero-order chi connectivity index (χ0) is 18.5. The van der Waals surface area contributed by atoms with Gasteiger partial charge in [-0.2, -0.15) is 5.26 Å². The Labute approximate surface area is 150 Å². The van der Waals surface area contributed by atoms with Gasteiger partial charge in [0.2, 0.25) is 0 Å². The second-order valence-corrected chi connectivity index (χ2v) is 5.94. The highest BCUT2D eigenvalue weighted by molar-refractivity contribution is 5.91. The number of furan rings is 1. The molecule has 1 aromatic carbocycles. The largest absolute Gasteiger partial charge is 0.493 e. The summed E-state index contributed by atoms with van der Waals surface area (Å²) >= 11 is 0. The van der Waals surface area contributed by atoms with Crippen LogP contribution in [-0.2, 0) is 4.79 Å². The molecule has 1 aliphatic heterocycles. The van der Waals surface area contributed by atoms with Gasteiger partial charge in [0.1, 0.15) is 0 Å². The van der Waals surface area contributed by atoms with Crippen LogP contribution in [0.5, 0.6) is 11.5 Å². The number of amides is 1. The fourth-order valence-corrected chi connectivity index (χ4v) is 2.89. The molecule has 0 N–H and O–H groups in total. The summed E-state index contributed by atoms with van der Waals surface area (Å²) in [7, 11) is 1.45. The summed E-state index contributed by atoms with van der Waals surface area (Å²) < 4.78 is 15.7. The van der Waals surface area contributed by atoms with Crippen LogP contribution in [0.15, 0.2) is 41.0 Å². The Balaban J connectivity index is 1.59. The molecular weight excluding hydrogens is 336 g/mol. The number of rotatable bonds is 4. The van der Waals surface area contributed by atoms with Gasteiger partial charge >= 0.3 is 5.97 Å². The second-order valence-electron chi connectivity index (χ2n) is 5.94. The number of nitriles is 1. The van der Waals surface area contributed by atoms with E-state index in [4.69, 9.17) is 19.2 Å². The van der Waals surface area contributed by atoms with Crippen molar-refractivity contribution in [3.63, 3.8) is 0 Å². The van der Waals surface area contributed by atoms with Crippen LogP contribution in [0.4, 0.5) is 0 Å². The molecular formula is C19H18N2O5. The maximum atomic E-state index is 12.4. The van der Waals surface area contributed by atoms with Crippen molar-refractivity contribution in [3.8, 4) is 17.6 Å². The molecule has 3 rings (SSSR count). The second kappa shape index (κ2) is 7.74. The summed E-state index contributed by atoms with van der Waals surface area (Å²) in [5.74, 6) is 0.0893. The van der Waals surface area contributed by atoms with E-state index >= 15 is 0 Å². The highest BCUT2D eigenvalue weighted by Gasteiger charge is 2.30. The van der Waals surface area contributed by atoms with Crippen LogP contribution in [-0.4, -0.2) is 37.0 Å². The molecule has 7 nitrogen and oxygen atoms in total. The van der Waals surface area contributed by atoms with Crippen LogP contribution >= 0.6 is 0 Å². The lowest BCUT2D eigenvalue weighted by Gasteiger charge is -2.30. The Morgan fingerprint density at radius 1 is 1.23 bits per heavy atom. The third-order valence-corrected chi connectivity index (χ3v) is 4.35. The fraction of sp³-hybridized carbons (Fsp3) is 0.316. The molecule has 26 heavy (non-hydrogen) atoms. The number of piperidine rings is 1. The summed E-state index contributed by atoms with van der Waals surface area (Å²) in [6.07, 6.45) is 2.50. The molecule has 0 aliphatic carbocycles. The van der Waals surface area contributed by atoms with Gasteiger partial charge in [-0.25, -0.2) is 0 Å². The van der Waals surface area contributed by atoms with Gasteiger partial charge in [0.05, 0.1) is 30.9 Å². The van der Waals surface area contributed by atoms with Gasteiger partial charge in [-0.05, 0) is 37.1 Å². The van der Waals surface area contributed by atoms with Crippen molar-refractivity contribution in [3.05, 3.63) is 47.9 Å². The van der Waals surface area contributed by atoms with Gasteiger partial charge in [-0.1, -0.05) is 0 Å². The molecule has 2 aromatic rings. The monoisotopic (exact) mass is 354 g/mol. The van der Waals surface area contributed by atoms with Gasteiger partial charge in [0, 0.05) is 19.2 Å².